The van der Waals surface area contributed by atoms with Gasteiger partial charge in [-0.15, -0.1) is 18.0 Å². The molecule has 0 aromatic carbocycles. The first-order valence-electron chi connectivity index (χ1n) is 4.67. The molecule has 0 saturated carbocycles. The molecule has 0 saturated heterocycles. The van der Waals surface area contributed by atoms with Gasteiger partial charge in [0.05, 0.1) is 12.1 Å². The van der Waals surface area contributed by atoms with E-state index in [4.69, 9.17) is 18.0 Å². The topological polar surface area (TPSA) is 43.6 Å². The zero-order valence-electron chi connectivity index (χ0n) is 8.47. The van der Waals surface area contributed by atoms with Crippen LogP contribution in [0, 0.1) is 12.3 Å². The van der Waals surface area contributed by atoms with Gasteiger partial charge in [0.15, 0.2) is 0 Å². The number of hydrogen-bond donors (Lipinski definition) is 0. The van der Waals surface area contributed by atoms with Crippen LogP contribution in [-0.2, 0) is 12.4 Å². The molecule has 0 N–H and O–H groups in total. The van der Waals surface area contributed by atoms with Gasteiger partial charge in [-0.2, -0.15) is 5.10 Å². The van der Waals surface area contributed by atoms with E-state index in [1.54, 1.807) is 23.3 Å². The first kappa shape index (κ1) is 10.7. The SMILES string of the molecule is C#CCn1cc(CCl)c(-c2cnccn2)n1. The van der Waals surface area contributed by atoms with Crippen LogP contribution in [0.2, 0.25) is 0 Å². The van der Waals surface area contributed by atoms with Crippen LogP contribution in [0.4, 0.5) is 0 Å². The lowest BCUT2D eigenvalue weighted by molar-refractivity contribution is 0.717. The molecule has 0 bridgehead atoms. The molecule has 80 valence electrons. The summed E-state index contributed by atoms with van der Waals surface area (Å²) in [5.41, 5.74) is 2.34. The normalized spacial score (nSPS) is 10.0. The first-order chi connectivity index (χ1) is 7.85. The lowest BCUT2D eigenvalue weighted by atomic mass is 10.2. The van der Waals surface area contributed by atoms with Gasteiger partial charge in [-0.05, 0) is 0 Å². The average molecular weight is 233 g/mol. The summed E-state index contributed by atoms with van der Waals surface area (Å²) < 4.78 is 1.67. The van der Waals surface area contributed by atoms with Crippen molar-refractivity contribution in [2.45, 2.75) is 12.4 Å². The molecule has 2 rings (SSSR count). The number of aromatic nitrogens is 4. The standard InChI is InChI=1S/C11H9ClN4/c1-2-5-16-8-9(6-12)11(15-16)10-7-13-3-4-14-10/h1,3-4,7-8H,5-6H2. The van der Waals surface area contributed by atoms with E-state index in [1.807, 2.05) is 6.20 Å². The Kier molecular flexibility index (Phi) is 3.18. The molecule has 0 amide bonds. The maximum absolute atomic E-state index is 5.84. The van der Waals surface area contributed by atoms with Crippen LogP contribution in [0.1, 0.15) is 5.56 Å². The van der Waals surface area contributed by atoms with Crippen molar-refractivity contribution < 1.29 is 0 Å². The molecule has 16 heavy (non-hydrogen) atoms. The summed E-state index contributed by atoms with van der Waals surface area (Å²) in [5.74, 6) is 2.89. The minimum Gasteiger partial charge on any atom is -0.261 e. The van der Waals surface area contributed by atoms with E-state index in [2.05, 4.69) is 21.0 Å². The molecule has 0 fully saturated rings. The fourth-order valence-electron chi connectivity index (χ4n) is 1.37. The Labute approximate surface area is 98.3 Å². The van der Waals surface area contributed by atoms with E-state index >= 15 is 0 Å². The summed E-state index contributed by atoms with van der Waals surface area (Å²) in [5, 5.41) is 4.33. The van der Waals surface area contributed by atoms with Crippen molar-refractivity contribution in [3.8, 4) is 23.7 Å². The van der Waals surface area contributed by atoms with Gasteiger partial charge < -0.3 is 0 Å². The van der Waals surface area contributed by atoms with E-state index in [9.17, 15) is 0 Å². The van der Waals surface area contributed by atoms with Crippen LogP contribution in [0.25, 0.3) is 11.4 Å². The van der Waals surface area contributed by atoms with Gasteiger partial charge in [-0.25, -0.2) is 0 Å². The van der Waals surface area contributed by atoms with Crippen molar-refractivity contribution in [2.75, 3.05) is 0 Å². The van der Waals surface area contributed by atoms with Gasteiger partial charge in [-0.3, -0.25) is 14.6 Å². The Morgan fingerprint density at radius 1 is 1.44 bits per heavy atom. The van der Waals surface area contributed by atoms with Crippen molar-refractivity contribution in [3.05, 3.63) is 30.4 Å². The lowest BCUT2D eigenvalue weighted by Crippen LogP contribution is -1.96. The highest BCUT2D eigenvalue weighted by molar-refractivity contribution is 6.17. The van der Waals surface area contributed by atoms with Crippen molar-refractivity contribution >= 4 is 11.6 Å². The summed E-state index contributed by atoms with van der Waals surface area (Å²) in [6.45, 7) is 0.421. The van der Waals surface area contributed by atoms with E-state index in [-0.39, 0.29) is 0 Å². The fourth-order valence-corrected chi connectivity index (χ4v) is 1.57. The summed E-state index contributed by atoms with van der Waals surface area (Å²) in [6.07, 6.45) is 11.9. The average Bonchev–Trinajstić information content (AvgIpc) is 2.74. The highest BCUT2D eigenvalue weighted by atomic mass is 35.5. The molecular formula is C11H9ClN4. The van der Waals surface area contributed by atoms with E-state index in [0.717, 1.165) is 11.3 Å². The van der Waals surface area contributed by atoms with Gasteiger partial charge >= 0.3 is 0 Å². The fraction of sp³-hybridized carbons (Fsp3) is 0.182. The third kappa shape index (κ3) is 2.05. The molecule has 0 aliphatic carbocycles. The van der Waals surface area contributed by atoms with Crippen LogP contribution < -0.4 is 0 Å². The van der Waals surface area contributed by atoms with Gasteiger partial charge in [0.25, 0.3) is 0 Å². The molecule has 0 aliphatic rings. The second-order valence-electron chi connectivity index (χ2n) is 3.13. The Hall–Kier alpha value is -1.86. The minimum atomic E-state index is 0.372. The zero-order chi connectivity index (χ0) is 11.4. The van der Waals surface area contributed by atoms with Gasteiger partial charge in [0, 0.05) is 24.2 Å². The summed E-state index contributed by atoms with van der Waals surface area (Å²) in [4.78, 5) is 8.18. The van der Waals surface area contributed by atoms with E-state index in [0.29, 0.717) is 18.1 Å². The molecule has 2 aromatic heterocycles. The zero-order valence-corrected chi connectivity index (χ0v) is 9.22. The van der Waals surface area contributed by atoms with Crippen LogP contribution >= 0.6 is 11.6 Å². The monoisotopic (exact) mass is 232 g/mol. The molecule has 2 aromatic rings. The van der Waals surface area contributed by atoms with Crippen LogP contribution in [0.15, 0.2) is 24.8 Å². The number of rotatable bonds is 3. The molecule has 4 nitrogen and oxygen atoms in total. The van der Waals surface area contributed by atoms with Gasteiger partial charge in [0.2, 0.25) is 0 Å². The Morgan fingerprint density at radius 2 is 2.31 bits per heavy atom. The molecule has 5 heteroatoms. The second-order valence-corrected chi connectivity index (χ2v) is 3.40. The van der Waals surface area contributed by atoms with Crippen molar-refractivity contribution in [1.82, 2.24) is 19.7 Å². The predicted molar refractivity (Wildman–Crippen MR) is 61.6 cm³/mol. The molecular weight excluding hydrogens is 224 g/mol. The number of nitrogens with zero attached hydrogens (tertiary/aromatic N) is 4. The largest absolute Gasteiger partial charge is 0.261 e. The molecule has 0 aliphatic heterocycles. The Bertz CT molecular complexity index is 513. The number of terminal acetylenes is 1. The number of hydrogen-bond acceptors (Lipinski definition) is 3. The molecule has 2 heterocycles. The van der Waals surface area contributed by atoms with Gasteiger partial charge in [-0.1, -0.05) is 5.92 Å². The molecule has 0 spiro atoms. The van der Waals surface area contributed by atoms with Crippen molar-refractivity contribution in [2.24, 2.45) is 0 Å². The van der Waals surface area contributed by atoms with Crippen LogP contribution in [0.5, 0.6) is 0 Å². The highest BCUT2D eigenvalue weighted by Gasteiger charge is 2.10. The maximum Gasteiger partial charge on any atom is 0.117 e. The molecule has 0 radical (unpaired) electrons. The third-order valence-electron chi connectivity index (χ3n) is 2.04. The minimum absolute atomic E-state index is 0.372. The first-order valence-corrected chi connectivity index (χ1v) is 5.20. The summed E-state index contributed by atoms with van der Waals surface area (Å²) >= 11 is 5.84. The second kappa shape index (κ2) is 4.77. The van der Waals surface area contributed by atoms with Gasteiger partial charge in [0.1, 0.15) is 17.9 Å². The molecule has 0 unspecified atom stereocenters. The number of halogens is 1. The van der Waals surface area contributed by atoms with Crippen LogP contribution in [0.3, 0.4) is 0 Å². The predicted octanol–water partition coefficient (Wildman–Crippen LogP) is 1.71. The smallest absolute Gasteiger partial charge is 0.117 e. The van der Waals surface area contributed by atoms with E-state index in [1.165, 1.54) is 0 Å². The number of alkyl halides is 1. The lowest BCUT2D eigenvalue weighted by Gasteiger charge is -1.96. The van der Waals surface area contributed by atoms with E-state index < -0.39 is 0 Å². The molecule has 0 atom stereocenters. The maximum atomic E-state index is 5.84. The quantitative estimate of drug-likeness (QED) is 0.598. The van der Waals surface area contributed by atoms with Crippen molar-refractivity contribution in [3.63, 3.8) is 0 Å². The van der Waals surface area contributed by atoms with Crippen molar-refractivity contribution in [1.29, 1.82) is 0 Å². The van der Waals surface area contributed by atoms with Crippen LogP contribution in [-0.4, -0.2) is 19.7 Å². The summed E-state index contributed by atoms with van der Waals surface area (Å²) in [6, 6.07) is 0. The summed E-state index contributed by atoms with van der Waals surface area (Å²) in [7, 11) is 0. The Morgan fingerprint density at radius 3 is 2.94 bits per heavy atom. The highest BCUT2D eigenvalue weighted by Crippen LogP contribution is 2.20. The third-order valence-corrected chi connectivity index (χ3v) is 2.33. The Balaban J connectivity index is 2.44.